The Kier molecular flexibility index (Phi) is 5.42. The second-order valence-electron chi connectivity index (χ2n) is 4.15. The van der Waals surface area contributed by atoms with Gasteiger partial charge in [-0.3, -0.25) is 0 Å². The standard InChI is InChI=1S/C11H22N4O/c1-4-5-15-10(6-9(2)8-16-3)13-14-11(15)7-12/h9H,4-8,12H2,1-3H3. The summed E-state index contributed by atoms with van der Waals surface area (Å²) in [5, 5.41) is 8.32. The first-order chi connectivity index (χ1) is 7.72. The molecule has 1 heterocycles. The van der Waals surface area contributed by atoms with Crippen LogP contribution in [0.4, 0.5) is 0 Å². The summed E-state index contributed by atoms with van der Waals surface area (Å²) in [6.45, 7) is 6.43. The van der Waals surface area contributed by atoms with Crippen molar-refractivity contribution >= 4 is 0 Å². The van der Waals surface area contributed by atoms with E-state index in [1.165, 1.54) is 0 Å². The summed E-state index contributed by atoms with van der Waals surface area (Å²) in [6, 6.07) is 0. The van der Waals surface area contributed by atoms with Gasteiger partial charge in [-0.1, -0.05) is 13.8 Å². The monoisotopic (exact) mass is 226 g/mol. The van der Waals surface area contributed by atoms with Crippen LogP contribution in [0.3, 0.4) is 0 Å². The molecule has 0 amide bonds. The van der Waals surface area contributed by atoms with E-state index in [9.17, 15) is 0 Å². The van der Waals surface area contributed by atoms with Crippen LogP contribution in [0.1, 0.15) is 31.9 Å². The maximum atomic E-state index is 5.64. The van der Waals surface area contributed by atoms with Gasteiger partial charge in [-0.15, -0.1) is 10.2 Å². The Labute approximate surface area is 97.0 Å². The van der Waals surface area contributed by atoms with Gasteiger partial charge >= 0.3 is 0 Å². The van der Waals surface area contributed by atoms with Gasteiger partial charge in [0, 0.05) is 26.7 Å². The molecule has 0 saturated heterocycles. The Balaban J connectivity index is 2.74. The lowest BCUT2D eigenvalue weighted by molar-refractivity contribution is 0.158. The van der Waals surface area contributed by atoms with Crippen LogP contribution in [0.15, 0.2) is 0 Å². The lowest BCUT2D eigenvalue weighted by Crippen LogP contribution is -2.15. The lowest BCUT2D eigenvalue weighted by Gasteiger charge is -2.12. The molecule has 0 bridgehead atoms. The van der Waals surface area contributed by atoms with Gasteiger partial charge in [0.2, 0.25) is 0 Å². The van der Waals surface area contributed by atoms with Gasteiger partial charge in [-0.05, 0) is 12.3 Å². The second-order valence-corrected chi connectivity index (χ2v) is 4.15. The number of hydrogen-bond acceptors (Lipinski definition) is 4. The molecule has 0 aliphatic heterocycles. The molecule has 0 saturated carbocycles. The van der Waals surface area contributed by atoms with Gasteiger partial charge in [-0.2, -0.15) is 0 Å². The highest BCUT2D eigenvalue weighted by Gasteiger charge is 2.13. The molecule has 1 aromatic rings. The third-order valence-corrected chi connectivity index (χ3v) is 2.52. The van der Waals surface area contributed by atoms with E-state index in [0.717, 1.165) is 37.6 Å². The van der Waals surface area contributed by atoms with E-state index in [0.29, 0.717) is 12.5 Å². The van der Waals surface area contributed by atoms with Crippen LogP contribution in [-0.4, -0.2) is 28.5 Å². The molecule has 1 atom stereocenters. The van der Waals surface area contributed by atoms with Crippen molar-refractivity contribution in [3.63, 3.8) is 0 Å². The normalized spacial score (nSPS) is 13.0. The van der Waals surface area contributed by atoms with Crippen molar-refractivity contribution in [2.45, 2.75) is 39.8 Å². The molecule has 92 valence electrons. The van der Waals surface area contributed by atoms with Crippen molar-refractivity contribution in [1.82, 2.24) is 14.8 Å². The fourth-order valence-corrected chi connectivity index (χ4v) is 1.81. The minimum absolute atomic E-state index is 0.450. The number of rotatable bonds is 7. The Bertz CT molecular complexity index is 311. The zero-order valence-electron chi connectivity index (χ0n) is 10.4. The summed E-state index contributed by atoms with van der Waals surface area (Å²) in [4.78, 5) is 0. The number of aromatic nitrogens is 3. The number of ether oxygens (including phenoxy) is 1. The van der Waals surface area contributed by atoms with Crippen molar-refractivity contribution in [1.29, 1.82) is 0 Å². The summed E-state index contributed by atoms with van der Waals surface area (Å²) in [5.74, 6) is 2.35. The molecule has 5 heteroatoms. The van der Waals surface area contributed by atoms with Crippen molar-refractivity contribution < 1.29 is 4.74 Å². The van der Waals surface area contributed by atoms with Gasteiger partial charge in [0.25, 0.3) is 0 Å². The van der Waals surface area contributed by atoms with Crippen LogP contribution in [0.25, 0.3) is 0 Å². The van der Waals surface area contributed by atoms with E-state index in [4.69, 9.17) is 10.5 Å². The Morgan fingerprint density at radius 3 is 2.62 bits per heavy atom. The number of nitrogens with two attached hydrogens (primary N) is 1. The molecule has 1 aromatic heterocycles. The van der Waals surface area contributed by atoms with Gasteiger partial charge in [0.1, 0.15) is 11.6 Å². The average molecular weight is 226 g/mol. The number of nitrogens with zero attached hydrogens (tertiary/aromatic N) is 3. The summed E-state index contributed by atoms with van der Waals surface area (Å²) >= 11 is 0. The predicted molar refractivity (Wildman–Crippen MR) is 62.9 cm³/mol. The van der Waals surface area contributed by atoms with Crippen molar-refractivity contribution in [2.24, 2.45) is 11.7 Å². The minimum atomic E-state index is 0.450. The Hall–Kier alpha value is -0.940. The highest BCUT2D eigenvalue weighted by Crippen LogP contribution is 2.09. The zero-order valence-corrected chi connectivity index (χ0v) is 10.4. The largest absolute Gasteiger partial charge is 0.384 e. The zero-order chi connectivity index (χ0) is 12.0. The van der Waals surface area contributed by atoms with Crippen LogP contribution in [-0.2, 0) is 24.2 Å². The SMILES string of the molecule is CCCn1c(CN)nnc1CC(C)COC. The first kappa shape index (κ1) is 13.1. The van der Waals surface area contributed by atoms with Crippen molar-refractivity contribution in [2.75, 3.05) is 13.7 Å². The molecule has 0 aliphatic rings. The molecular weight excluding hydrogens is 204 g/mol. The van der Waals surface area contributed by atoms with E-state index < -0.39 is 0 Å². The van der Waals surface area contributed by atoms with E-state index in [1.807, 2.05) is 0 Å². The first-order valence-corrected chi connectivity index (χ1v) is 5.82. The average Bonchev–Trinajstić information content (AvgIpc) is 2.62. The first-order valence-electron chi connectivity index (χ1n) is 5.82. The number of hydrogen-bond donors (Lipinski definition) is 1. The summed E-state index contributed by atoms with van der Waals surface area (Å²) in [6.07, 6.45) is 1.96. The molecule has 1 unspecified atom stereocenters. The molecule has 0 aliphatic carbocycles. The maximum Gasteiger partial charge on any atom is 0.146 e. The van der Waals surface area contributed by atoms with Crippen molar-refractivity contribution in [3.05, 3.63) is 11.6 Å². The highest BCUT2D eigenvalue weighted by molar-refractivity contribution is 4.96. The van der Waals surface area contributed by atoms with Crippen LogP contribution in [0.5, 0.6) is 0 Å². The van der Waals surface area contributed by atoms with E-state index in [1.54, 1.807) is 7.11 Å². The van der Waals surface area contributed by atoms with E-state index in [-0.39, 0.29) is 0 Å². The third-order valence-electron chi connectivity index (χ3n) is 2.52. The van der Waals surface area contributed by atoms with Gasteiger partial charge in [0.05, 0.1) is 6.54 Å². The fraction of sp³-hybridized carbons (Fsp3) is 0.818. The molecular formula is C11H22N4O. The van der Waals surface area contributed by atoms with E-state index in [2.05, 4.69) is 28.6 Å². The minimum Gasteiger partial charge on any atom is -0.384 e. The Morgan fingerprint density at radius 1 is 1.38 bits per heavy atom. The maximum absolute atomic E-state index is 5.64. The van der Waals surface area contributed by atoms with Crippen LogP contribution in [0.2, 0.25) is 0 Å². The third kappa shape index (κ3) is 3.28. The van der Waals surface area contributed by atoms with Gasteiger partial charge in [-0.25, -0.2) is 0 Å². The highest BCUT2D eigenvalue weighted by atomic mass is 16.5. The number of methoxy groups -OCH3 is 1. The Morgan fingerprint density at radius 2 is 2.06 bits per heavy atom. The summed E-state index contributed by atoms with van der Waals surface area (Å²) in [5.41, 5.74) is 5.64. The second kappa shape index (κ2) is 6.60. The lowest BCUT2D eigenvalue weighted by atomic mass is 10.1. The van der Waals surface area contributed by atoms with Gasteiger partial charge in [0.15, 0.2) is 0 Å². The molecule has 2 N–H and O–H groups in total. The molecule has 0 aromatic carbocycles. The van der Waals surface area contributed by atoms with Crippen LogP contribution < -0.4 is 5.73 Å². The molecule has 0 spiro atoms. The quantitative estimate of drug-likeness (QED) is 0.752. The fourth-order valence-electron chi connectivity index (χ4n) is 1.81. The molecule has 0 fully saturated rings. The van der Waals surface area contributed by atoms with Gasteiger partial charge < -0.3 is 15.0 Å². The smallest absolute Gasteiger partial charge is 0.146 e. The summed E-state index contributed by atoms with van der Waals surface area (Å²) < 4.78 is 7.26. The molecule has 16 heavy (non-hydrogen) atoms. The predicted octanol–water partition coefficient (Wildman–Crippen LogP) is 0.972. The van der Waals surface area contributed by atoms with Crippen LogP contribution >= 0.6 is 0 Å². The molecule has 1 rings (SSSR count). The molecule has 5 nitrogen and oxygen atoms in total. The van der Waals surface area contributed by atoms with Crippen molar-refractivity contribution in [3.8, 4) is 0 Å². The summed E-state index contributed by atoms with van der Waals surface area (Å²) in [7, 11) is 1.72. The van der Waals surface area contributed by atoms with Crippen LogP contribution in [0, 0.1) is 5.92 Å². The topological polar surface area (TPSA) is 66.0 Å². The van der Waals surface area contributed by atoms with E-state index >= 15 is 0 Å². The molecule has 0 radical (unpaired) electrons.